The fourth-order valence-corrected chi connectivity index (χ4v) is 1.47. The van der Waals surface area contributed by atoms with Crippen LogP contribution < -0.4 is 11.3 Å². The number of nitrogens with one attached hydrogen (secondary N) is 1. The molecule has 2 rings (SSSR count). The average Bonchev–Trinajstić information content (AvgIpc) is 2.26. The van der Waals surface area contributed by atoms with Crippen molar-refractivity contribution in [3.63, 3.8) is 0 Å². The predicted octanol–water partition coefficient (Wildman–Crippen LogP) is 2.07. The van der Waals surface area contributed by atoms with Crippen molar-refractivity contribution in [1.82, 2.24) is 4.98 Å². The van der Waals surface area contributed by atoms with Crippen LogP contribution in [-0.2, 0) is 0 Å². The summed E-state index contributed by atoms with van der Waals surface area (Å²) in [6.07, 6.45) is 1.56. The maximum atomic E-state index is 13.2. The molecule has 0 radical (unpaired) electrons. The SMILES string of the molecule is Cc1cc(-c2ccc(N)c(F)c2)c[nH]c1=O. The van der Waals surface area contributed by atoms with Crippen molar-refractivity contribution in [2.24, 2.45) is 0 Å². The highest BCUT2D eigenvalue weighted by atomic mass is 19.1. The second-order valence-corrected chi connectivity index (χ2v) is 3.64. The lowest BCUT2D eigenvalue weighted by Gasteiger charge is -2.04. The van der Waals surface area contributed by atoms with Crippen molar-refractivity contribution in [2.45, 2.75) is 6.92 Å². The molecule has 0 saturated carbocycles. The van der Waals surface area contributed by atoms with Gasteiger partial charge in [0.05, 0.1) is 5.69 Å². The molecule has 3 N–H and O–H groups in total. The van der Waals surface area contributed by atoms with Gasteiger partial charge in [-0.25, -0.2) is 4.39 Å². The lowest BCUT2D eigenvalue weighted by molar-refractivity contribution is 0.633. The molecule has 1 aromatic carbocycles. The molecule has 0 bridgehead atoms. The molecule has 82 valence electrons. The van der Waals surface area contributed by atoms with Crippen molar-refractivity contribution in [3.05, 3.63) is 52.2 Å². The molecule has 0 unspecified atom stereocenters. The van der Waals surface area contributed by atoms with Crippen molar-refractivity contribution < 1.29 is 4.39 Å². The van der Waals surface area contributed by atoms with Gasteiger partial charge in [0.25, 0.3) is 5.56 Å². The zero-order valence-corrected chi connectivity index (χ0v) is 8.75. The van der Waals surface area contributed by atoms with Crippen molar-refractivity contribution >= 4 is 5.69 Å². The molecule has 0 spiro atoms. The molecule has 0 fully saturated rings. The monoisotopic (exact) mass is 218 g/mol. The summed E-state index contributed by atoms with van der Waals surface area (Å²) in [7, 11) is 0. The fourth-order valence-electron chi connectivity index (χ4n) is 1.47. The lowest BCUT2D eigenvalue weighted by Crippen LogP contribution is -2.07. The van der Waals surface area contributed by atoms with E-state index in [0.717, 1.165) is 5.56 Å². The highest BCUT2D eigenvalue weighted by Gasteiger charge is 2.03. The van der Waals surface area contributed by atoms with Crippen LogP contribution in [0.25, 0.3) is 11.1 Å². The smallest absolute Gasteiger partial charge is 0.250 e. The first-order valence-corrected chi connectivity index (χ1v) is 4.82. The summed E-state index contributed by atoms with van der Waals surface area (Å²) in [5.74, 6) is -0.457. The summed E-state index contributed by atoms with van der Waals surface area (Å²) in [5.41, 5.74) is 7.40. The summed E-state index contributed by atoms with van der Waals surface area (Å²) in [4.78, 5) is 13.8. The number of benzene rings is 1. The Morgan fingerprint density at radius 1 is 1.25 bits per heavy atom. The number of hydrogen-bond acceptors (Lipinski definition) is 2. The molecule has 0 aliphatic carbocycles. The molecule has 3 nitrogen and oxygen atoms in total. The van der Waals surface area contributed by atoms with Gasteiger partial charge >= 0.3 is 0 Å². The van der Waals surface area contributed by atoms with Crippen LogP contribution in [0, 0.1) is 12.7 Å². The molecule has 0 atom stereocenters. The van der Waals surface area contributed by atoms with E-state index in [9.17, 15) is 9.18 Å². The van der Waals surface area contributed by atoms with Crippen molar-refractivity contribution in [1.29, 1.82) is 0 Å². The van der Waals surface area contributed by atoms with E-state index in [-0.39, 0.29) is 11.2 Å². The summed E-state index contributed by atoms with van der Waals surface area (Å²) in [6.45, 7) is 1.70. The van der Waals surface area contributed by atoms with E-state index in [0.29, 0.717) is 11.1 Å². The summed E-state index contributed by atoms with van der Waals surface area (Å²) in [5, 5.41) is 0. The summed E-state index contributed by atoms with van der Waals surface area (Å²) < 4.78 is 13.2. The second kappa shape index (κ2) is 3.81. The number of pyridine rings is 1. The van der Waals surface area contributed by atoms with Crippen LogP contribution >= 0.6 is 0 Å². The van der Waals surface area contributed by atoms with Gasteiger partial charge < -0.3 is 10.7 Å². The Bertz CT molecular complexity index is 590. The third kappa shape index (κ3) is 1.82. The number of aromatic nitrogens is 1. The molecule has 4 heteroatoms. The minimum atomic E-state index is -0.457. The van der Waals surface area contributed by atoms with Gasteiger partial charge in [0.2, 0.25) is 0 Å². The quantitative estimate of drug-likeness (QED) is 0.720. The fraction of sp³-hybridized carbons (Fsp3) is 0.0833. The Morgan fingerprint density at radius 2 is 2.00 bits per heavy atom. The zero-order chi connectivity index (χ0) is 11.7. The Morgan fingerprint density at radius 3 is 2.62 bits per heavy atom. The van der Waals surface area contributed by atoms with Crippen molar-refractivity contribution in [2.75, 3.05) is 5.73 Å². The van der Waals surface area contributed by atoms with E-state index >= 15 is 0 Å². The molecule has 1 heterocycles. The molecule has 2 aromatic rings. The third-order valence-electron chi connectivity index (χ3n) is 2.42. The Hall–Kier alpha value is -2.10. The Labute approximate surface area is 91.7 Å². The number of nitrogens with two attached hydrogens (primary N) is 1. The summed E-state index contributed by atoms with van der Waals surface area (Å²) in [6, 6.07) is 6.28. The lowest BCUT2D eigenvalue weighted by atomic mass is 10.1. The third-order valence-corrected chi connectivity index (χ3v) is 2.42. The number of aromatic amines is 1. The predicted molar refractivity (Wildman–Crippen MR) is 61.6 cm³/mol. The highest BCUT2D eigenvalue weighted by Crippen LogP contribution is 2.22. The number of H-pyrrole nitrogens is 1. The Balaban J connectivity index is 2.54. The first-order valence-electron chi connectivity index (χ1n) is 4.82. The van der Waals surface area contributed by atoms with E-state index in [1.165, 1.54) is 12.1 Å². The van der Waals surface area contributed by atoms with Crippen LogP contribution in [0.5, 0.6) is 0 Å². The van der Waals surface area contributed by atoms with Gasteiger partial charge in [-0.3, -0.25) is 4.79 Å². The van der Waals surface area contributed by atoms with E-state index in [1.54, 1.807) is 25.3 Å². The van der Waals surface area contributed by atoms with Crippen LogP contribution in [0.15, 0.2) is 35.3 Å². The van der Waals surface area contributed by atoms with E-state index in [4.69, 9.17) is 5.73 Å². The normalized spacial score (nSPS) is 10.4. The van der Waals surface area contributed by atoms with Crippen molar-refractivity contribution in [3.8, 4) is 11.1 Å². The number of hydrogen-bond donors (Lipinski definition) is 2. The topological polar surface area (TPSA) is 58.9 Å². The van der Waals surface area contributed by atoms with Gasteiger partial charge in [-0.1, -0.05) is 6.07 Å². The molecular weight excluding hydrogens is 207 g/mol. The first-order chi connectivity index (χ1) is 7.58. The largest absolute Gasteiger partial charge is 0.396 e. The maximum Gasteiger partial charge on any atom is 0.250 e. The number of nitrogen functional groups attached to an aromatic ring is 1. The van der Waals surface area contributed by atoms with Crippen LogP contribution in [-0.4, -0.2) is 4.98 Å². The standard InChI is InChI=1S/C12H11FN2O/c1-7-4-9(6-15-12(7)16)8-2-3-11(14)10(13)5-8/h2-6H,14H2,1H3,(H,15,16). The van der Waals surface area contributed by atoms with Gasteiger partial charge in [0.1, 0.15) is 5.82 Å². The number of rotatable bonds is 1. The Kier molecular flexibility index (Phi) is 2.48. The second-order valence-electron chi connectivity index (χ2n) is 3.64. The number of anilines is 1. The van der Waals surface area contributed by atoms with Crippen LogP contribution in [0.1, 0.15) is 5.56 Å². The molecular formula is C12H11FN2O. The maximum absolute atomic E-state index is 13.2. The number of aryl methyl sites for hydroxylation is 1. The molecule has 0 amide bonds. The van der Waals surface area contributed by atoms with Gasteiger partial charge in [-0.05, 0) is 36.2 Å². The van der Waals surface area contributed by atoms with E-state index < -0.39 is 5.82 Å². The highest BCUT2D eigenvalue weighted by molar-refractivity contribution is 5.65. The van der Waals surface area contributed by atoms with Gasteiger partial charge in [0.15, 0.2) is 0 Å². The number of halogens is 1. The molecule has 0 aliphatic heterocycles. The van der Waals surface area contributed by atoms with E-state index in [2.05, 4.69) is 4.98 Å². The summed E-state index contributed by atoms with van der Waals surface area (Å²) >= 11 is 0. The zero-order valence-electron chi connectivity index (χ0n) is 8.75. The minimum absolute atomic E-state index is 0.116. The molecule has 0 aliphatic rings. The molecule has 0 saturated heterocycles. The van der Waals surface area contributed by atoms with E-state index in [1.807, 2.05) is 0 Å². The average molecular weight is 218 g/mol. The van der Waals surface area contributed by atoms with Gasteiger partial charge in [0, 0.05) is 11.8 Å². The van der Waals surface area contributed by atoms with Crippen LogP contribution in [0.2, 0.25) is 0 Å². The van der Waals surface area contributed by atoms with Crippen LogP contribution in [0.3, 0.4) is 0 Å². The van der Waals surface area contributed by atoms with Gasteiger partial charge in [-0.15, -0.1) is 0 Å². The first kappa shape index (κ1) is 10.4. The minimum Gasteiger partial charge on any atom is -0.396 e. The molecule has 16 heavy (non-hydrogen) atoms. The van der Waals surface area contributed by atoms with Gasteiger partial charge in [-0.2, -0.15) is 0 Å². The molecule has 1 aromatic heterocycles. The van der Waals surface area contributed by atoms with Crippen LogP contribution in [0.4, 0.5) is 10.1 Å².